The lowest BCUT2D eigenvalue weighted by Crippen LogP contribution is -2.10. The molecule has 1 N–H and O–H groups in total. The number of ether oxygens (including phenoxy) is 1. The van der Waals surface area contributed by atoms with Crippen LogP contribution in [-0.2, 0) is 10.9 Å². The summed E-state index contributed by atoms with van der Waals surface area (Å²) >= 11 is 0. The van der Waals surface area contributed by atoms with Crippen LogP contribution in [0.15, 0.2) is 34.2 Å². The van der Waals surface area contributed by atoms with Gasteiger partial charge in [-0.25, -0.2) is 0 Å². The molecule has 4 nitrogen and oxygen atoms in total. The number of aromatic amines is 1. The molecule has 0 amide bonds. The fraction of sp³-hybridized carbons (Fsp3) is 0.467. The highest BCUT2D eigenvalue weighted by Gasteiger charge is 2.44. The molecule has 7 heteroatoms. The van der Waals surface area contributed by atoms with Crippen LogP contribution in [0.3, 0.4) is 0 Å². The average Bonchev–Trinajstić information content (AvgIpc) is 3.05. The fourth-order valence-electron chi connectivity index (χ4n) is 2.68. The monoisotopic (exact) mass is 313 g/mol. The summed E-state index contributed by atoms with van der Waals surface area (Å²) in [5, 5.41) is 5.23. The summed E-state index contributed by atoms with van der Waals surface area (Å²) in [6, 6.07) is 0. The minimum Gasteiger partial charge on any atom is -0.462 e. The first-order valence-electron chi connectivity index (χ1n) is 7.05. The first-order valence-corrected chi connectivity index (χ1v) is 7.05. The van der Waals surface area contributed by atoms with Gasteiger partial charge in [-0.2, -0.15) is 13.2 Å². The normalized spacial score (nSPS) is 24.5. The Bertz CT molecular complexity index is 658. The molecule has 1 heterocycles. The number of allylic oxidation sites excluding steroid dienone is 3. The standard InChI is InChI=1S/C15H15F3N2O2/c1-8-3-5-10-7-11(10)13(8)21-9(2)4-6-12-19-20-14(22-12)15(16,17)18/h4,6,10-11H,2-3,5,7H2,1H3/p+1/b6-4-. The number of hydrogen-bond donors (Lipinski definition) is 0. The van der Waals surface area contributed by atoms with Crippen molar-refractivity contribution in [3.8, 4) is 0 Å². The highest BCUT2D eigenvalue weighted by Crippen LogP contribution is 2.53. The van der Waals surface area contributed by atoms with Crippen molar-refractivity contribution in [1.82, 2.24) is 5.10 Å². The number of nitrogens with zero attached hydrogens (tertiary/aromatic N) is 1. The topological polar surface area (TPSA) is 49.4 Å². The zero-order valence-electron chi connectivity index (χ0n) is 12.0. The van der Waals surface area contributed by atoms with Crippen molar-refractivity contribution >= 4 is 6.08 Å². The Hall–Kier alpha value is -2.05. The summed E-state index contributed by atoms with van der Waals surface area (Å²) in [6.45, 7) is 5.81. The molecule has 2 aliphatic carbocycles. The van der Waals surface area contributed by atoms with Crippen LogP contribution in [0.5, 0.6) is 0 Å². The lowest BCUT2D eigenvalue weighted by atomic mass is 9.99. The number of aromatic nitrogens is 2. The first kappa shape index (κ1) is 14.9. The molecule has 2 unspecified atom stereocenters. The quantitative estimate of drug-likeness (QED) is 0.628. The molecule has 0 aromatic carbocycles. The Morgan fingerprint density at radius 1 is 1.50 bits per heavy atom. The second-order valence-corrected chi connectivity index (χ2v) is 5.68. The molecule has 0 bridgehead atoms. The second-order valence-electron chi connectivity index (χ2n) is 5.68. The van der Waals surface area contributed by atoms with Crippen LogP contribution in [0.4, 0.5) is 13.2 Å². The van der Waals surface area contributed by atoms with Crippen LogP contribution < -0.4 is 5.10 Å². The van der Waals surface area contributed by atoms with Gasteiger partial charge < -0.3 is 9.15 Å². The minimum absolute atomic E-state index is 0.115. The first-order chi connectivity index (χ1) is 10.3. The zero-order chi connectivity index (χ0) is 15.9. The number of hydrogen-bond acceptors (Lipinski definition) is 3. The third-order valence-corrected chi connectivity index (χ3v) is 3.95. The van der Waals surface area contributed by atoms with E-state index in [-0.39, 0.29) is 5.89 Å². The molecule has 0 radical (unpaired) electrons. The summed E-state index contributed by atoms with van der Waals surface area (Å²) in [6.07, 6.45) is 1.55. The summed E-state index contributed by atoms with van der Waals surface area (Å²) in [5.41, 5.74) is 1.22. The Labute approximate surface area is 125 Å². The molecule has 0 spiro atoms. The smallest absolute Gasteiger partial charge is 0.462 e. The van der Waals surface area contributed by atoms with Crippen molar-refractivity contribution in [1.29, 1.82) is 0 Å². The molecule has 1 aromatic heterocycles. The van der Waals surface area contributed by atoms with E-state index in [1.54, 1.807) is 0 Å². The van der Waals surface area contributed by atoms with Crippen LogP contribution in [0.1, 0.15) is 38.0 Å². The number of halogens is 3. The van der Waals surface area contributed by atoms with Crippen molar-refractivity contribution in [3.63, 3.8) is 0 Å². The SMILES string of the molecule is C=C(/C=C\c1[nH+]nc(C(F)(F)F)o1)OC1=C(C)CCC2CC12. The van der Waals surface area contributed by atoms with Gasteiger partial charge in [-0.3, -0.25) is 0 Å². The van der Waals surface area contributed by atoms with Gasteiger partial charge in [-0.15, -0.1) is 0 Å². The molecule has 0 saturated heterocycles. The van der Waals surface area contributed by atoms with Gasteiger partial charge in [0, 0.05) is 11.0 Å². The molecule has 118 valence electrons. The third-order valence-electron chi connectivity index (χ3n) is 3.95. The zero-order valence-corrected chi connectivity index (χ0v) is 12.0. The summed E-state index contributed by atoms with van der Waals surface area (Å²) in [7, 11) is 0. The van der Waals surface area contributed by atoms with E-state index in [1.165, 1.54) is 24.1 Å². The molecular weight excluding hydrogens is 297 g/mol. The summed E-state index contributed by atoms with van der Waals surface area (Å²) in [5.74, 6) is 1.09. The maximum absolute atomic E-state index is 12.4. The molecule has 1 fully saturated rings. The second kappa shape index (κ2) is 5.30. The van der Waals surface area contributed by atoms with Crippen LogP contribution in [0.2, 0.25) is 0 Å². The van der Waals surface area contributed by atoms with Gasteiger partial charge in [0.1, 0.15) is 11.5 Å². The predicted molar refractivity (Wildman–Crippen MR) is 70.9 cm³/mol. The summed E-state index contributed by atoms with van der Waals surface area (Å²) in [4.78, 5) is 0. The highest BCUT2D eigenvalue weighted by atomic mass is 19.4. The van der Waals surface area contributed by atoms with E-state index in [9.17, 15) is 13.2 Å². The van der Waals surface area contributed by atoms with E-state index in [0.29, 0.717) is 17.6 Å². The number of alkyl halides is 3. The van der Waals surface area contributed by atoms with E-state index in [2.05, 4.69) is 21.2 Å². The largest absolute Gasteiger partial charge is 0.475 e. The molecule has 22 heavy (non-hydrogen) atoms. The van der Waals surface area contributed by atoms with E-state index in [1.807, 2.05) is 6.92 Å². The van der Waals surface area contributed by atoms with Gasteiger partial charge in [-0.05, 0) is 43.8 Å². The van der Waals surface area contributed by atoms with Crippen LogP contribution in [0, 0.1) is 11.8 Å². The lowest BCUT2D eigenvalue weighted by molar-refractivity contribution is -0.460. The van der Waals surface area contributed by atoms with Gasteiger partial charge in [0.2, 0.25) is 0 Å². The average molecular weight is 313 g/mol. The Kier molecular flexibility index (Phi) is 3.58. The number of fused-ring (bicyclic) bond motifs is 1. The van der Waals surface area contributed by atoms with Gasteiger partial charge in [0.25, 0.3) is 0 Å². The molecule has 0 aliphatic heterocycles. The maximum atomic E-state index is 12.4. The van der Waals surface area contributed by atoms with Crippen molar-refractivity contribution < 1.29 is 27.4 Å². The predicted octanol–water partition coefficient (Wildman–Crippen LogP) is 3.75. The molecular formula is C15H16F3N2O2+. The molecule has 1 aromatic rings. The highest BCUT2D eigenvalue weighted by molar-refractivity contribution is 5.40. The van der Waals surface area contributed by atoms with Gasteiger partial charge >= 0.3 is 18.0 Å². The molecule has 2 atom stereocenters. The fourth-order valence-corrected chi connectivity index (χ4v) is 2.68. The van der Waals surface area contributed by atoms with E-state index >= 15 is 0 Å². The van der Waals surface area contributed by atoms with Crippen LogP contribution in [0.25, 0.3) is 6.08 Å². The molecule has 3 rings (SSSR count). The Balaban J connectivity index is 1.63. The van der Waals surface area contributed by atoms with E-state index in [0.717, 1.165) is 18.6 Å². The van der Waals surface area contributed by atoms with E-state index < -0.39 is 12.1 Å². The Morgan fingerprint density at radius 2 is 2.27 bits per heavy atom. The molecule has 2 aliphatic rings. The minimum atomic E-state index is -4.61. The number of H-pyrrole nitrogens is 1. The van der Waals surface area contributed by atoms with Crippen molar-refractivity contribution in [2.75, 3.05) is 0 Å². The summed E-state index contributed by atoms with van der Waals surface area (Å²) < 4.78 is 47.4. The van der Waals surface area contributed by atoms with Gasteiger partial charge in [-0.1, -0.05) is 11.7 Å². The number of nitrogens with one attached hydrogen (secondary N) is 1. The molecule has 1 saturated carbocycles. The lowest BCUT2D eigenvalue weighted by Gasteiger charge is -2.17. The van der Waals surface area contributed by atoms with Gasteiger partial charge in [0.15, 0.2) is 0 Å². The maximum Gasteiger partial charge on any atom is 0.475 e. The van der Waals surface area contributed by atoms with Gasteiger partial charge in [0.05, 0.1) is 6.08 Å². The van der Waals surface area contributed by atoms with Crippen molar-refractivity contribution in [2.45, 2.75) is 32.4 Å². The third kappa shape index (κ3) is 3.08. The Morgan fingerprint density at radius 3 is 2.95 bits per heavy atom. The van der Waals surface area contributed by atoms with Crippen LogP contribution >= 0.6 is 0 Å². The van der Waals surface area contributed by atoms with E-state index in [4.69, 9.17) is 4.74 Å². The van der Waals surface area contributed by atoms with Crippen molar-refractivity contribution in [3.05, 3.63) is 41.5 Å². The van der Waals surface area contributed by atoms with Crippen LogP contribution in [-0.4, -0.2) is 5.10 Å². The van der Waals surface area contributed by atoms with Crippen molar-refractivity contribution in [2.24, 2.45) is 11.8 Å². The number of rotatable bonds is 4.